The summed E-state index contributed by atoms with van der Waals surface area (Å²) in [6.07, 6.45) is 0. The number of pyridine rings is 2. The minimum atomic E-state index is -0.949. The average Bonchev–Trinajstić information content (AvgIpc) is 2.80. The molecular formula is C25H15N3O2S. The van der Waals surface area contributed by atoms with Gasteiger partial charge >= 0.3 is 5.97 Å². The Labute approximate surface area is 182 Å². The van der Waals surface area contributed by atoms with Crippen molar-refractivity contribution in [2.24, 2.45) is 0 Å². The van der Waals surface area contributed by atoms with Crippen molar-refractivity contribution in [3.63, 3.8) is 0 Å². The molecule has 1 aliphatic rings. The van der Waals surface area contributed by atoms with Gasteiger partial charge < -0.3 is 5.11 Å². The SMILES string of the molecule is O=C(O)c1ccc(N2c3nc4ccccc4cc3Sc3cc4ccccc4nc32)cc1. The maximum absolute atomic E-state index is 11.3. The number of hydrogen-bond acceptors (Lipinski definition) is 5. The number of aromatic carboxylic acids is 1. The lowest BCUT2D eigenvalue weighted by Gasteiger charge is -2.31. The number of para-hydroxylation sites is 2. The highest BCUT2D eigenvalue weighted by atomic mass is 32.2. The molecule has 5 aromatic rings. The van der Waals surface area contributed by atoms with Crippen LogP contribution in [0.4, 0.5) is 17.3 Å². The summed E-state index contributed by atoms with van der Waals surface area (Å²) in [6, 6.07) is 27.2. The molecule has 6 heteroatoms. The molecular weight excluding hydrogens is 406 g/mol. The Morgan fingerprint density at radius 1 is 0.742 bits per heavy atom. The van der Waals surface area contributed by atoms with Crippen LogP contribution in [0.3, 0.4) is 0 Å². The molecule has 0 saturated carbocycles. The molecule has 0 unspecified atom stereocenters. The molecule has 0 fully saturated rings. The summed E-state index contributed by atoms with van der Waals surface area (Å²) >= 11 is 1.66. The van der Waals surface area contributed by atoms with Crippen molar-refractivity contribution < 1.29 is 9.90 Å². The Kier molecular flexibility index (Phi) is 3.94. The number of carboxylic acids is 1. The van der Waals surface area contributed by atoms with Gasteiger partial charge in [0.2, 0.25) is 0 Å². The molecule has 148 valence electrons. The van der Waals surface area contributed by atoms with E-state index in [-0.39, 0.29) is 5.56 Å². The van der Waals surface area contributed by atoms with Crippen LogP contribution in [0, 0.1) is 0 Å². The van der Waals surface area contributed by atoms with Crippen LogP contribution in [-0.2, 0) is 0 Å². The number of carbonyl (C=O) groups is 1. The molecule has 3 heterocycles. The van der Waals surface area contributed by atoms with Crippen LogP contribution in [0.2, 0.25) is 0 Å². The Hall–Kier alpha value is -3.90. The maximum Gasteiger partial charge on any atom is 0.335 e. The lowest BCUT2D eigenvalue weighted by molar-refractivity contribution is 0.0697. The number of carboxylic acid groups (broad SMARTS) is 1. The standard InChI is InChI=1S/C25H15N3O2S/c29-25(30)15-9-11-18(12-10-15)28-23-21(13-16-5-1-3-7-19(16)26-23)31-22-14-17-6-2-4-8-20(17)27-24(22)28/h1-14H,(H,29,30). The van der Waals surface area contributed by atoms with Gasteiger partial charge in [-0.2, -0.15) is 0 Å². The zero-order chi connectivity index (χ0) is 20.9. The second-order valence-electron chi connectivity index (χ2n) is 7.30. The van der Waals surface area contributed by atoms with Crippen molar-refractivity contribution in [3.05, 3.63) is 90.5 Å². The van der Waals surface area contributed by atoms with E-state index in [9.17, 15) is 9.90 Å². The summed E-state index contributed by atoms with van der Waals surface area (Å²) in [5.74, 6) is 0.638. The van der Waals surface area contributed by atoms with Crippen LogP contribution in [0.25, 0.3) is 21.8 Å². The van der Waals surface area contributed by atoms with Gasteiger partial charge in [0.1, 0.15) is 0 Å². The van der Waals surface area contributed by atoms with Crippen molar-refractivity contribution in [2.75, 3.05) is 4.90 Å². The minimum absolute atomic E-state index is 0.244. The van der Waals surface area contributed by atoms with Crippen molar-refractivity contribution >= 4 is 56.9 Å². The Morgan fingerprint density at radius 3 is 1.77 bits per heavy atom. The van der Waals surface area contributed by atoms with Crippen molar-refractivity contribution in [3.8, 4) is 0 Å². The predicted octanol–water partition coefficient (Wildman–Crippen LogP) is 6.42. The first-order chi connectivity index (χ1) is 15.2. The highest BCUT2D eigenvalue weighted by Gasteiger charge is 2.28. The molecule has 2 aromatic heterocycles. The van der Waals surface area contributed by atoms with E-state index in [0.29, 0.717) is 0 Å². The summed E-state index contributed by atoms with van der Waals surface area (Å²) in [7, 11) is 0. The third kappa shape index (κ3) is 2.92. The van der Waals surface area contributed by atoms with Gasteiger partial charge in [-0.3, -0.25) is 4.90 Å². The van der Waals surface area contributed by atoms with Crippen molar-refractivity contribution in [1.82, 2.24) is 9.97 Å². The monoisotopic (exact) mass is 421 g/mol. The summed E-state index contributed by atoms with van der Waals surface area (Å²) in [4.78, 5) is 25.3. The van der Waals surface area contributed by atoms with E-state index >= 15 is 0 Å². The molecule has 0 saturated heterocycles. The van der Waals surface area contributed by atoms with E-state index in [2.05, 4.69) is 24.3 Å². The zero-order valence-corrected chi connectivity index (χ0v) is 17.0. The number of rotatable bonds is 2. The van der Waals surface area contributed by atoms with Gasteiger partial charge in [-0.05, 0) is 48.5 Å². The molecule has 0 bridgehead atoms. The zero-order valence-electron chi connectivity index (χ0n) is 16.2. The number of aromatic nitrogens is 2. The third-order valence-corrected chi connectivity index (χ3v) is 6.40. The van der Waals surface area contributed by atoms with E-state index in [1.54, 1.807) is 36.0 Å². The summed E-state index contributed by atoms with van der Waals surface area (Å²) < 4.78 is 0. The van der Waals surface area contributed by atoms with Gasteiger partial charge in [0.25, 0.3) is 0 Å². The number of fused-ring (bicyclic) bond motifs is 4. The fourth-order valence-electron chi connectivity index (χ4n) is 3.86. The largest absolute Gasteiger partial charge is 0.478 e. The lowest BCUT2D eigenvalue weighted by Crippen LogP contribution is -2.18. The molecule has 31 heavy (non-hydrogen) atoms. The molecule has 1 N–H and O–H groups in total. The molecule has 5 nitrogen and oxygen atoms in total. The van der Waals surface area contributed by atoms with Gasteiger partial charge in [0.15, 0.2) is 11.6 Å². The van der Waals surface area contributed by atoms with E-state index in [0.717, 1.165) is 48.9 Å². The second-order valence-corrected chi connectivity index (χ2v) is 8.38. The topological polar surface area (TPSA) is 66.3 Å². The first kappa shape index (κ1) is 17.9. The number of hydrogen-bond donors (Lipinski definition) is 1. The van der Waals surface area contributed by atoms with E-state index in [4.69, 9.17) is 9.97 Å². The minimum Gasteiger partial charge on any atom is -0.478 e. The quantitative estimate of drug-likeness (QED) is 0.348. The molecule has 6 rings (SSSR count). The van der Waals surface area contributed by atoms with Crippen LogP contribution in [-0.4, -0.2) is 21.0 Å². The molecule has 0 aliphatic carbocycles. The Balaban J connectivity index is 1.63. The molecule has 0 radical (unpaired) electrons. The van der Waals surface area contributed by atoms with Crippen LogP contribution in [0.15, 0.2) is 94.7 Å². The summed E-state index contributed by atoms with van der Waals surface area (Å²) in [5.41, 5.74) is 2.86. The van der Waals surface area contributed by atoms with Gasteiger partial charge in [-0.1, -0.05) is 48.2 Å². The molecule has 0 atom stereocenters. The molecule has 0 amide bonds. The van der Waals surface area contributed by atoms with Gasteiger partial charge in [-0.25, -0.2) is 14.8 Å². The van der Waals surface area contributed by atoms with E-state index < -0.39 is 5.97 Å². The normalized spacial score (nSPS) is 12.6. The number of nitrogens with zero attached hydrogens (tertiary/aromatic N) is 3. The summed E-state index contributed by atoms with van der Waals surface area (Å²) in [5, 5.41) is 11.4. The lowest BCUT2D eigenvalue weighted by atomic mass is 10.1. The van der Waals surface area contributed by atoms with Crippen LogP contribution >= 0.6 is 11.8 Å². The third-order valence-electron chi connectivity index (χ3n) is 5.36. The van der Waals surface area contributed by atoms with Crippen molar-refractivity contribution in [1.29, 1.82) is 0 Å². The van der Waals surface area contributed by atoms with Gasteiger partial charge in [-0.15, -0.1) is 0 Å². The fourth-order valence-corrected chi connectivity index (χ4v) is 4.92. The van der Waals surface area contributed by atoms with E-state index in [1.807, 2.05) is 41.3 Å². The number of benzene rings is 3. The number of anilines is 3. The Morgan fingerprint density at radius 2 is 1.26 bits per heavy atom. The van der Waals surface area contributed by atoms with Crippen LogP contribution < -0.4 is 4.90 Å². The van der Waals surface area contributed by atoms with Gasteiger partial charge in [0, 0.05) is 16.5 Å². The smallest absolute Gasteiger partial charge is 0.335 e. The first-order valence-corrected chi connectivity index (χ1v) is 10.6. The highest BCUT2D eigenvalue weighted by Crippen LogP contribution is 2.51. The van der Waals surface area contributed by atoms with Gasteiger partial charge in [0.05, 0.1) is 26.4 Å². The fraction of sp³-hybridized carbons (Fsp3) is 0. The second kappa shape index (κ2) is 6.82. The van der Waals surface area contributed by atoms with Crippen LogP contribution in [0.5, 0.6) is 0 Å². The molecule has 1 aliphatic heterocycles. The Bertz CT molecular complexity index is 1410. The summed E-state index contributed by atoms with van der Waals surface area (Å²) in [6.45, 7) is 0. The highest BCUT2D eigenvalue weighted by molar-refractivity contribution is 7.99. The van der Waals surface area contributed by atoms with E-state index in [1.165, 1.54) is 0 Å². The predicted molar refractivity (Wildman–Crippen MR) is 123 cm³/mol. The van der Waals surface area contributed by atoms with Crippen molar-refractivity contribution in [2.45, 2.75) is 9.79 Å². The first-order valence-electron chi connectivity index (χ1n) is 9.78. The van der Waals surface area contributed by atoms with Crippen LogP contribution in [0.1, 0.15) is 10.4 Å². The average molecular weight is 421 g/mol. The molecule has 3 aromatic carbocycles. The molecule has 0 spiro atoms. The maximum atomic E-state index is 11.3.